The van der Waals surface area contributed by atoms with Gasteiger partial charge in [0.25, 0.3) is 0 Å². The zero-order chi connectivity index (χ0) is 21.1. The van der Waals surface area contributed by atoms with Crippen LogP contribution in [0.1, 0.15) is 19.8 Å². The summed E-state index contributed by atoms with van der Waals surface area (Å²) in [6.07, 6.45) is 3.87. The molecular formula is C22H25ClN4O2S. The van der Waals surface area contributed by atoms with Crippen molar-refractivity contribution in [2.75, 3.05) is 25.0 Å². The zero-order valence-corrected chi connectivity index (χ0v) is 18.4. The number of anilines is 2. The number of rotatable bonds is 7. The molecule has 1 saturated heterocycles. The van der Waals surface area contributed by atoms with Crippen molar-refractivity contribution >= 4 is 43.9 Å². The van der Waals surface area contributed by atoms with Crippen LogP contribution in [0.5, 0.6) is 0 Å². The van der Waals surface area contributed by atoms with E-state index in [1.54, 1.807) is 30.5 Å². The Morgan fingerprint density at radius 3 is 2.73 bits per heavy atom. The van der Waals surface area contributed by atoms with E-state index in [0.717, 1.165) is 48.2 Å². The van der Waals surface area contributed by atoms with Gasteiger partial charge in [0, 0.05) is 40.6 Å². The Labute approximate surface area is 182 Å². The highest BCUT2D eigenvalue weighted by molar-refractivity contribution is 7.89. The predicted octanol–water partition coefficient (Wildman–Crippen LogP) is 4.39. The van der Waals surface area contributed by atoms with Crippen LogP contribution in [0.25, 0.3) is 10.9 Å². The average molecular weight is 445 g/mol. The number of likely N-dealkylation sites (tertiary alicyclic amines) is 1. The molecule has 0 spiro atoms. The Morgan fingerprint density at radius 1 is 1.17 bits per heavy atom. The molecule has 8 heteroatoms. The number of fused-ring (bicyclic) bond motifs is 1. The number of sulfonamides is 1. The van der Waals surface area contributed by atoms with Gasteiger partial charge >= 0.3 is 0 Å². The molecule has 6 nitrogen and oxygen atoms in total. The fraction of sp³-hybridized carbons (Fsp3) is 0.318. The molecule has 2 N–H and O–H groups in total. The van der Waals surface area contributed by atoms with Gasteiger partial charge in [-0.1, -0.05) is 18.5 Å². The molecular weight excluding hydrogens is 420 g/mol. The van der Waals surface area contributed by atoms with Crippen LogP contribution in [0, 0.1) is 0 Å². The number of nitrogens with one attached hydrogen (secondary N) is 2. The molecule has 158 valence electrons. The summed E-state index contributed by atoms with van der Waals surface area (Å²) in [4.78, 5) is 6.93. The maximum Gasteiger partial charge on any atom is 0.240 e. The topological polar surface area (TPSA) is 74.3 Å². The molecule has 0 aliphatic carbocycles. The van der Waals surface area contributed by atoms with Crippen molar-refractivity contribution in [2.45, 2.75) is 30.7 Å². The second-order valence-electron chi connectivity index (χ2n) is 7.45. The maximum absolute atomic E-state index is 12.7. The van der Waals surface area contributed by atoms with Crippen LogP contribution in [-0.2, 0) is 10.0 Å². The van der Waals surface area contributed by atoms with Gasteiger partial charge < -0.3 is 5.32 Å². The third-order valence-corrected chi connectivity index (χ3v) is 7.24. The van der Waals surface area contributed by atoms with Gasteiger partial charge in [-0.05, 0) is 74.5 Å². The van der Waals surface area contributed by atoms with E-state index in [2.05, 4.69) is 26.8 Å². The summed E-state index contributed by atoms with van der Waals surface area (Å²) >= 11 is 6.05. The molecule has 1 fully saturated rings. The Hall–Kier alpha value is -2.19. The number of benzene rings is 2. The van der Waals surface area contributed by atoms with E-state index in [0.29, 0.717) is 11.6 Å². The number of nitrogens with zero attached hydrogens (tertiary/aromatic N) is 2. The van der Waals surface area contributed by atoms with E-state index < -0.39 is 10.0 Å². The lowest BCUT2D eigenvalue weighted by Gasteiger charge is -2.22. The minimum absolute atomic E-state index is 0.264. The van der Waals surface area contributed by atoms with Gasteiger partial charge in [0.2, 0.25) is 10.0 Å². The number of pyridine rings is 1. The molecule has 0 unspecified atom stereocenters. The van der Waals surface area contributed by atoms with Gasteiger partial charge in [0.1, 0.15) is 0 Å². The van der Waals surface area contributed by atoms with Crippen LogP contribution >= 0.6 is 11.6 Å². The van der Waals surface area contributed by atoms with Crippen LogP contribution in [0.15, 0.2) is 59.6 Å². The Morgan fingerprint density at radius 2 is 1.97 bits per heavy atom. The van der Waals surface area contributed by atoms with E-state index >= 15 is 0 Å². The van der Waals surface area contributed by atoms with Crippen molar-refractivity contribution in [1.82, 2.24) is 14.6 Å². The van der Waals surface area contributed by atoms with Gasteiger partial charge in [-0.15, -0.1) is 0 Å². The molecule has 30 heavy (non-hydrogen) atoms. The zero-order valence-electron chi connectivity index (χ0n) is 16.8. The van der Waals surface area contributed by atoms with Crippen molar-refractivity contribution in [3.63, 3.8) is 0 Å². The van der Waals surface area contributed by atoms with E-state index in [-0.39, 0.29) is 10.9 Å². The highest BCUT2D eigenvalue weighted by atomic mass is 35.5. The average Bonchev–Trinajstić information content (AvgIpc) is 3.20. The monoisotopic (exact) mass is 444 g/mol. The van der Waals surface area contributed by atoms with Crippen molar-refractivity contribution in [2.24, 2.45) is 0 Å². The normalized spacial score (nSPS) is 17.5. The molecule has 2 aromatic carbocycles. The fourth-order valence-corrected chi connectivity index (χ4v) is 5.17. The van der Waals surface area contributed by atoms with Crippen molar-refractivity contribution < 1.29 is 8.42 Å². The van der Waals surface area contributed by atoms with Gasteiger partial charge in [0.05, 0.1) is 10.4 Å². The first kappa shape index (κ1) is 21.1. The first-order chi connectivity index (χ1) is 14.5. The van der Waals surface area contributed by atoms with Gasteiger partial charge in [-0.3, -0.25) is 9.88 Å². The predicted molar refractivity (Wildman–Crippen MR) is 122 cm³/mol. The SMILES string of the molecule is CCN1CCC[C@@H]1CNS(=O)(=O)c1ccc(Nc2ccnc3cc(Cl)ccc23)cc1. The lowest BCUT2D eigenvalue weighted by atomic mass is 10.2. The maximum atomic E-state index is 12.7. The molecule has 0 saturated carbocycles. The highest BCUT2D eigenvalue weighted by Gasteiger charge is 2.25. The summed E-state index contributed by atoms with van der Waals surface area (Å²) in [6.45, 7) is 4.54. The van der Waals surface area contributed by atoms with Crippen LogP contribution in [0.2, 0.25) is 5.02 Å². The smallest absolute Gasteiger partial charge is 0.240 e. The number of hydrogen-bond donors (Lipinski definition) is 2. The molecule has 0 amide bonds. The van der Waals surface area contributed by atoms with Gasteiger partial charge in [-0.2, -0.15) is 0 Å². The van der Waals surface area contributed by atoms with Gasteiger partial charge in [-0.25, -0.2) is 13.1 Å². The standard InChI is InChI=1S/C22H25ClN4O2S/c1-2-27-13-3-4-18(27)15-25-30(28,29)19-8-6-17(7-9-19)26-21-11-12-24-22-14-16(23)5-10-20(21)22/h5-12,14,18,25H,2-4,13,15H2,1H3,(H,24,26)/t18-/m1/s1. The lowest BCUT2D eigenvalue weighted by Crippen LogP contribution is -2.39. The second-order valence-corrected chi connectivity index (χ2v) is 9.65. The number of hydrogen-bond acceptors (Lipinski definition) is 5. The lowest BCUT2D eigenvalue weighted by molar-refractivity contribution is 0.268. The van der Waals surface area contributed by atoms with Crippen molar-refractivity contribution in [3.05, 3.63) is 59.8 Å². The third-order valence-electron chi connectivity index (χ3n) is 5.56. The van der Waals surface area contributed by atoms with E-state index in [1.165, 1.54) is 0 Å². The summed E-state index contributed by atoms with van der Waals surface area (Å²) < 4.78 is 28.1. The quantitative estimate of drug-likeness (QED) is 0.565. The number of halogens is 1. The number of likely N-dealkylation sites (N-methyl/N-ethyl adjacent to an activating group) is 1. The largest absolute Gasteiger partial charge is 0.355 e. The molecule has 4 rings (SSSR count). The fourth-order valence-electron chi connectivity index (χ4n) is 3.94. The van der Waals surface area contributed by atoms with E-state index in [4.69, 9.17) is 11.6 Å². The minimum atomic E-state index is -3.54. The molecule has 1 atom stereocenters. The first-order valence-electron chi connectivity index (χ1n) is 10.1. The molecule has 3 aromatic rings. The Bertz CT molecular complexity index is 1140. The Kier molecular flexibility index (Phi) is 6.24. The summed E-state index contributed by atoms with van der Waals surface area (Å²) in [5.74, 6) is 0. The summed E-state index contributed by atoms with van der Waals surface area (Å²) in [6, 6.07) is 14.5. The molecule has 0 radical (unpaired) electrons. The van der Waals surface area contributed by atoms with E-state index in [1.807, 2.05) is 24.3 Å². The summed E-state index contributed by atoms with van der Waals surface area (Å²) in [5.41, 5.74) is 2.47. The summed E-state index contributed by atoms with van der Waals surface area (Å²) in [5, 5.41) is 4.91. The molecule has 2 heterocycles. The molecule has 1 aliphatic heterocycles. The van der Waals surface area contributed by atoms with Crippen LogP contribution in [0.3, 0.4) is 0 Å². The first-order valence-corrected chi connectivity index (χ1v) is 12.0. The highest BCUT2D eigenvalue weighted by Crippen LogP contribution is 2.27. The van der Waals surface area contributed by atoms with Crippen molar-refractivity contribution in [1.29, 1.82) is 0 Å². The molecule has 1 aliphatic rings. The minimum Gasteiger partial charge on any atom is -0.355 e. The van der Waals surface area contributed by atoms with Gasteiger partial charge in [0.15, 0.2) is 0 Å². The van der Waals surface area contributed by atoms with Crippen LogP contribution in [0.4, 0.5) is 11.4 Å². The van der Waals surface area contributed by atoms with Crippen LogP contribution < -0.4 is 10.0 Å². The van der Waals surface area contributed by atoms with E-state index in [9.17, 15) is 8.42 Å². The van der Waals surface area contributed by atoms with Crippen molar-refractivity contribution in [3.8, 4) is 0 Å². The summed E-state index contributed by atoms with van der Waals surface area (Å²) in [7, 11) is -3.54. The third kappa shape index (κ3) is 4.59. The van der Waals surface area contributed by atoms with Crippen LogP contribution in [-0.4, -0.2) is 44.0 Å². The Balaban J connectivity index is 1.46. The molecule has 1 aromatic heterocycles. The molecule has 0 bridgehead atoms. The number of aromatic nitrogens is 1. The second kappa shape index (κ2) is 8.89.